The van der Waals surface area contributed by atoms with Crippen molar-refractivity contribution >= 4 is 17.5 Å². The molecule has 6 nitrogen and oxygen atoms in total. The lowest BCUT2D eigenvalue weighted by Gasteiger charge is -2.12. The van der Waals surface area contributed by atoms with Crippen LogP contribution in [0.2, 0.25) is 0 Å². The maximum absolute atomic E-state index is 11.7. The number of hydrogen-bond donors (Lipinski definition) is 1. The minimum atomic E-state index is -0.330. The first-order valence-electron chi connectivity index (χ1n) is 5.58. The zero-order chi connectivity index (χ0) is 12.3. The standard InChI is InChI=1S/C11H16N4O2/c1-15(2)11-12-6-8(7-13-11)14-10(16)9-4-3-5-17-9/h6-7,9H,3-5H2,1-2H3,(H,14,16). The van der Waals surface area contributed by atoms with Gasteiger partial charge in [0.1, 0.15) is 6.10 Å². The Labute approximate surface area is 100 Å². The van der Waals surface area contributed by atoms with Gasteiger partial charge in [-0.3, -0.25) is 4.79 Å². The molecule has 6 heteroatoms. The number of rotatable bonds is 3. The van der Waals surface area contributed by atoms with Crippen LogP contribution < -0.4 is 10.2 Å². The Balaban J connectivity index is 1.96. The van der Waals surface area contributed by atoms with E-state index in [1.165, 1.54) is 0 Å². The van der Waals surface area contributed by atoms with Crippen molar-refractivity contribution in [2.45, 2.75) is 18.9 Å². The van der Waals surface area contributed by atoms with Crippen LogP contribution in [0, 0.1) is 0 Å². The van der Waals surface area contributed by atoms with Crippen LogP contribution in [0.15, 0.2) is 12.4 Å². The monoisotopic (exact) mass is 236 g/mol. The van der Waals surface area contributed by atoms with Crippen LogP contribution in [-0.2, 0) is 9.53 Å². The van der Waals surface area contributed by atoms with Gasteiger partial charge in [0.15, 0.2) is 0 Å². The number of carbonyl (C=O) groups is 1. The van der Waals surface area contributed by atoms with Crippen molar-refractivity contribution < 1.29 is 9.53 Å². The number of amides is 1. The van der Waals surface area contributed by atoms with E-state index in [0.29, 0.717) is 18.2 Å². The van der Waals surface area contributed by atoms with Crippen molar-refractivity contribution in [3.8, 4) is 0 Å². The van der Waals surface area contributed by atoms with E-state index in [1.807, 2.05) is 14.1 Å². The summed E-state index contributed by atoms with van der Waals surface area (Å²) in [6, 6.07) is 0. The number of hydrogen-bond acceptors (Lipinski definition) is 5. The molecule has 0 aromatic carbocycles. The first-order chi connectivity index (χ1) is 8.16. The number of aromatic nitrogens is 2. The quantitative estimate of drug-likeness (QED) is 0.835. The lowest BCUT2D eigenvalue weighted by Crippen LogP contribution is -2.27. The zero-order valence-electron chi connectivity index (χ0n) is 10.0. The van der Waals surface area contributed by atoms with Crippen molar-refractivity contribution in [2.24, 2.45) is 0 Å². The second-order valence-corrected chi connectivity index (χ2v) is 4.16. The second kappa shape index (κ2) is 5.09. The van der Waals surface area contributed by atoms with Crippen molar-refractivity contribution in [3.05, 3.63) is 12.4 Å². The van der Waals surface area contributed by atoms with Crippen LogP contribution in [0.4, 0.5) is 11.6 Å². The van der Waals surface area contributed by atoms with E-state index < -0.39 is 0 Å². The Morgan fingerprint density at radius 2 is 2.18 bits per heavy atom. The van der Waals surface area contributed by atoms with Crippen molar-refractivity contribution in [1.29, 1.82) is 0 Å². The van der Waals surface area contributed by atoms with E-state index in [0.717, 1.165) is 12.8 Å². The van der Waals surface area contributed by atoms with E-state index in [-0.39, 0.29) is 12.0 Å². The summed E-state index contributed by atoms with van der Waals surface area (Å²) in [7, 11) is 3.72. The van der Waals surface area contributed by atoms with Crippen LogP contribution >= 0.6 is 0 Å². The molecule has 2 rings (SSSR count). The van der Waals surface area contributed by atoms with Gasteiger partial charge in [-0.25, -0.2) is 9.97 Å². The highest BCUT2D eigenvalue weighted by molar-refractivity contribution is 5.94. The van der Waals surface area contributed by atoms with Crippen molar-refractivity contribution in [2.75, 3.05) is 30.9 Å². The summed E-state index contributed by atoms with van der Waals surface area (Å²) in [5, 5.41) is 2.74. The zero-order valence-corrected chi connectivity index (χ0v) is 10.0. The molecule has 0 spiro atoms. The highest BCUT2D eigenvalue weighted by atomic mass is 16.5. The van der Waals surface area contributed by atoms with Gasteiger partial charge in [0, 0.05) is 20.7 Å². The second-order valence-electron chi connectivity index (χ2n) is 4.16. The van der Waals surface area contributed by atoms with Crippen LogP contribution in [0.1, 0.15) is 12.8 Å². The van der Waals surface area contributed by atoms with Crippen LogP contribution in [-0.4, -0.2) is 42.7 Å². The highest BCUT2D eigenvalue weighted by Gasteiger charge is 2.23. The average Bonchev–Trinajstić information content (AvgIpc) is 2.83. The summed E-state index contributed by atoms with van der Waals surface area (Å²) in [5.74, 6) is 0.490. The molecule has 1 N–H and O–H groups in total. The van der Waals surface area contributed by atoms with Crippen LogP contribution in [0.25, 0.3) is 0 Å². The van der Waals surface area contributed by atoms with E-state index in [1.54, 1.807) is 17.3 Å². The summed E-state index contributed by atoms with van der Waals surface area (Å²) in [6.07, 6.45) is 4.57. The van der Waals surface area contributed by atoms with E-state index in [9.17, 15) is 4.79 Å². The molecule has 1 aromatic heterocycles. The highest BCUT2D eigenvalue weighted by Crippen LogP contribution is 2.14. The third kappa shape index (κ3) is 2.91. The average molecular weight is 236 g/mol. The molecule has 1 atom stereocenters. The Hall–Kier alpha value is -1.69. The molecule has 1 aliphatic heterocycles. The maximum atomic E-state index is 11.7. The molecular formula is C11H16N4O2. The largest absolute Gasteiger partial charge is 0.368 e. The minimum absolute atomic E-state index is 0.122. The lowest BCUT2D eigenvalue weighted by atomic mass is 10.2. The fourth-order valence-electron chi connectivity index (χ4n) is 1.62. The Kier molecular flexibility index (Phi) is 3.53. The molecule has 1 fully saturated rings. The summed E-state index contributed by atoms with van der Waals surface area (Å²) in [6.45, 7) is 0.661. The molecular weight excluding hydrogens is 220 g/mol. The van der Waals surface area contributed by atoms with Gasteiger partial charge in [-0.05, 0) is 12.8 Å². The number of ether oxygens (including phenoxy) is 1. The number of nitrogens with one attached hydrogen (secondary N) is 1. The molecule has 0 bridgehead atoms. The molecule has 0 aliphatic carbocycles. The summed E-state index contributed by atoms with van der Waals surface area (Å²) in [5.41, 5.74) is 0.594. The van der Waals surface area contributed by atoms with Gasteiger partial charge >= 0.3 is 0 Å². The summed E-state index contributed by atoms with van der Waals surface area (Å²) >= 11 is 0. The van der Waals surface area contributed by atoms with E-state index in [2.05, 4.69) is 15.3 Å². The van der Waals surface area contributed by atoms with Gasteiger partial charge < -0.3 is 15.0 Å². The normalized spacial score (nSPS) is 19.1. The third-order valence-corrected chi connectivity index (χ3v) is 2.53. The number of anilines is 2. The molecule has 1 unspecified atom stereocenters. The first-order valence-corrected chi connectivity index (χ1v) is 5.58. The fourth-order valence-corrected chi connectivity index (χ4v) is 1.62. The number of nitrogens with zero attached hydrogens (tertiary/aromatic N) is 3. The first kappa shape index (κ1) is 11.8. The Morgan fingerprint density at radius 1 is 1.47 bits per heavy atom. The van der Waals surface area contributed by atoms with Gasteiger partial charge in [0.05, 0.1) is 18.1 Å². The smallest absolute Gasteiger partial charge is 0.253 e. The summed E-state index contributed by atoms with van der Waals surface area (Å²) in [4.78, 5) is 21.8. The molecule has 1 aliphatic rings. The molecule has 1 aromatic rings. The fraction of sp³-hybridized carbons (Fsp3) is 0.545. The molecule has 0 saturated carbocycles. The van der Waals surface area contributed by atoms with Gasteiger partial charge in [-0.15, -0.1) is 0 Å². The molecule has 0 radical (unpaired) electrons. The van der Waals surface area contributed by atoms with Crippen molar-refractivity contribution in [1.82, 2.24) is 9.97 Å². The van der Waals surface area contributed by atoms with Gasteiger partial charge in [-0.2, -0.15) is 0 Å². The molecule has 92 valence electrons. The molecule has 17 heavy (non-hydrogen) atoms. The topological polar surface area (TPSA) is 67.4 Å². The SMILES string of the molecule is CN(C)c1ncc(NC(=O)C2CCCO2)cn1. The minimum Gasteiger partial charge on any atom is -0.368 e. The van der Waals surface area contributed by atoms with Gasteiger partial charge in [-0.1, -0.05) is 0 Å². The Bertz CT molecular complexity index is 385. The third-order valence-electron chi connectivity index (χ3n) is 2.53. The molecule has 1 saturated heterocycles. The van der Waals surface area contributed by atoms with Crippen LogP contribution in [0.5, 0.6) is 0 Å². The van der Waals surface area contributed by atoms with Gasteiger partial charge in [0.2, 0.25) is 5.95 Å². The van der Waals surface area contributed by atoms with E-state index in [4.69, 9.17) is 4.74 Å². The predicted octanol–water partition coefficient (Wildman–Crippen LogP) is 0.660. The number of carbonyl (C=O) groups excluding carboxylic acids is 1. The van der Waals surface area contributed by atoms with E-state index >= 15 is 0 Å². The van der Waals surface area contributed by atoms with Gasteiger partial charge in [0.25, 0.3) is 5.91 Å². The predicted molar refractivity (Wildman–Crippen MR) is 64.0 cm³/mol. The molecule has 1 amide bonds. The maximum Gasteiger partial charge on any atom is 0.253 e. The molecule has 2 heterocycles. The van der Waals surface area contributed by atoms with Crippen molar-refractivity contribution in [3.63, 3.8) is 0 Å². The van der Waals surface area contributed by atoms with Crippen LogP contribution in [0.3, 0.4) is 0 Å². The lowest BCUT2D eigenvalue weighted by molar-refractivity contribution is -0.124. The summed E-state index contributed by atoms with van der Waals surface area (Å²) < 4.78 is 5.29. The Morgan fingerprint density at radius 3 is 2.71 bits per heavy atom.